The summed E-state index contributed by atoms with van der Waals surface area (Å²) in [6.07, 6.45) is 1.35. The third kappa shape index (κ3) is 7.49. The Kier molecular flexibility index (Phi) is 9.12. The molecule has 0 aliphatic carbocycles. The quantitative estimate of drug-likeness (QED) is 0.133. The number of amides is 2. The number of nitrogens with zero attached hydrogens (tertiary/aromatic N) is 1. The van der Waals surface area contributed by atoms with E-state index in [1.165, 1.54) is 63.8 Å². The van der Waals surface area contributed by atoms with Crippen LogP contribution in [-0.2, 0) is 14.8 Å². The molecule has 204 valence electrons. The van der Waals surface area contributed by atoms with E-state index in [1.807, 2.05) is 0 Å². The predicted octanol–water partition coefficient (Wildman–Crippen LogP) is 1.89. The molecule has 0 spiro atoms. The Balaban J connectivity index is 1.93. The summed E-state index contributed by atoms with van der Waals surface area (Å²) in [6.45, 7) is 0. The summed E-state index contributed by atoms with van der Waals surface area (Å²) in [5.41, 5.74) is 12.1. The molecule has 3 aromatic rings. The molecule has 13 heteroatoms. The first kappa shape index (κ1) is 28.5. The van der Waals surface area contributed by atoms with Gasteiger partial charge in [-0.3, -0.25) is 14.9 Å². The third-order valence-corrected chi connectivity index (χ3v) is 6.51. The Hall–Kier alpha value is -5.04. The van der Waals surface area contributed by atoms with E-state index in [1.54, 1.807) is 30.3 Å². The van der Waals surface area contributed by atoms with E-state index >= 15 is 0 Å². The molecular weight excluding hydrogens is 526 g/mol. The van der Waals surface area contributed by atoms with Gasteiger partial charge in [0, 0.05) is 11.3 Å². The summed E-state index contributed by atoms with van der Waals surface area (Å²) < 4.78 is 44.2. The van der Waals surface area contributed by atoms with Gasteiger partial charge in [-0.25, -0.2) is 0 Å². The number of nitrogens with two attached hydrogens (primary N) is 2. The molecule has 6 N–H and O–H groups in total. The molecule has 0 saturated carbocycles. The second-order valence-corrected chi connectivity index (χ2v) is 9.43. The summed E-state index contributed by atoms with van der Waals surface area (Å²) in [5.74, 6) is -0.898. The van der Waals surface area contributed by atoms with Crippen molar-refractivity contribution in [3.8, 4) is 17.2 Å². The lowest BCUT2D eigenvalue weighted by Crippen LogP contribution is -2.42. The third-order valence-electron chi connectivity index (χ3n) is 5.20. The molecule has 3 aromatic carbocycles. The van der Waals surface area contributed by atoms with Crippen molar-refractivity contribution in [1.29, 1.82) is 0 Å². The van der Waals surface area contributed by atoms with Crippen LogP contribution in [0.4, 0.5) is 5.69 Å². The van der Waals surface area contributed by atoms with Gasteiger partial charge in [0.15, 0.2) is 11.5 Å². The maximum atomic E-state index is 13.1. The average molecular weight is 554 g/mol. The van der Waals surface area contributed by atoms with Crippen LogP contribution in [0.5, 0.6) is 17.2 Å². The first-order chi connectivity index (χ1) is 18.6. The maximum Gasteiger partial charge on any atom is 0.285 e. The second kappa shape index (κ2) is 12.5. The average Bonchev–Trinajstić information content (AvgIpc) is 2.92. The molecule has 0 atom stereocenters. The number of nitrogen functional groups attached to an aromatic ring is 1. The van der Waals surface area contributed by atoms with Gasteiger partial charge in [-0.15, -0.1) is 4.40 Å². The lowest BCUT2D eigenvalue weighted by Gasteiger charge is -2.12. The van der Waals surface area contributed by atoms with E-state index in [2.05, 4.69) is 15.0 Å². The highest BCUT2D eigenvalue weighted by Crippen LogP contribution is 2.28. The molecule has 2 amide bonds. The number of guanidine groups is 1. The largest absolute Gasteiger partial charge is 0.497 e. The molecule has 0 fully saturated rings. The molecule has 39 heavy (non-hydrogen) atoms. The molecular formula is C26H27N5O7S. The smallest absolute Gasteiger partial charge is 0.285 e. The fourth-order valence-electron chi connectivity index (χ4n) is 3.23. The van der Waals surface area contributed by atoms with Crippen LogP contribution in [0.1, 0.15) is 15.9 Å². The molecule has 12 nitrogen and oxygen atoms in total. The van der Waals surface area contributed by atoms with Gasteiger partial charge >= 0.3 is 0 Å². The minimum Gasteiger partial charge on any atom is -0.497 e. The number of sulfonamides is 1. The number of benzene rings is 3. The van der Waals surface area contributed by atoms with Gasteiger partial charge in [-0.05, 0) is 72.3 Å². The number of carbonyl (C=O) groups is 2. The number of ether oxygens (including phenoxy) is 3. The van der Waals surface area contributed by atoms with Crippen molar-refractivity contribution in [2.24, 2.45) is 10.1 Å². The fraction of sp³-hybridized carbons (Fsp3) is 0.115. The van der Waals surface area contributed by atoms with E-state index in [0.717, 1.165) is 0 Å². The first-order valence-electron chi connectivity index (χ1n) is 11.2. The highest BCUT2D eigenvalue weighted by Gasteiger charge is 2.19. The summed E-state index contributed by atoms with van der Waals surface area (Å²) in [5, 5.41) is 4.70. The lowest BCUT2D eigenvalue weighted by molar-refractivity contribution is -0.116. The first-order valence-corrected chi connectivity index (χ1v) is 12.7. The topological polar surface area (TPSA) is 184 Å². The Bertz CT molecular complexity index is 1520. The van der Waals surface area contributed by atoms with Crippen molar-refractivity contribution in [3.05, 3.63) is 83.6 Å². The Labute approximate surface area is 225 Å². The minimum absolute atomic E-state index is 0.178. The highest BCUT2D eigenvalue weighted by atomic mass is 32.2. The van der Waals surface area contributed by atoms with Gasteiger partial charge < -0.3 is 31.0 Å². The minimum atomic E-state index is -4.25. The zero-order valence-corrected chi connectivity index (χ0v) is 22.1. The Morgan fingerprint density at radius 1 is 0.846 bits per heavy atom. The van der Waals surface area contributed by atoms with E-state index in [0.29, 0.717) is 28.5 Å². The fourth-order valence-corrected chi connectivity index (χ4v) is 4.12. The number of anilines is 1. The van der Waals surface area contributed by atoms with E-state index in [9.17, 15) is 18.0 Å². The molecule has 0 unspecified atom stereocenters. The van der Waals surface area contributed by atoms with Gasteiger partial charge in [-0.1, -0.05) is 6.07 Å². The zero-order valence-electron chi connectivity index (χ0n) is 21.3. The zero-order chi connectivity index (χ0) is 28.6. The molecule has 0 aliphatic rings. The molecule has 3 rings (SSSR count). The number of hydrogen-bond acceptors (Lipinski definition) is 8. The normalized spacial score (nSPS) is 11.9. The number of methoxy groups -OCH3 is 3. The molecule has 0 saturated heterocycles. The van der Waals surface area contributed by atoms with Crippen LogP contribution in [0, 0.1) is 0 Å². The predicted molar refractivity (Wildman–Crippen MR) is 146 cm³/mol. The molecule has 0 aliphatic heterocycles. The van der Waals surface area contributed by atoms with Crippen LogP contribution >= 0.6 is 0 Å². The Morgan fingerprint density at radius 3 is 2.08 bits per heavy atom. The second-order valence-electron chi connectivity index (χ2n) is 7.83. The molecule has 0 heterocycles. The van der Waals surface area contributed by atoms with Gasteiger partial charge in [0.25, 0.3) is 21.8 Å². The van der Waals surface area contributed by atoms with Crippen LogP contribution in [-0.4, -0.2) is 47.5 Å². The summed E-state index contributed by atoms with van der Waals surface area (Å²) in [4.78, 5) is 25.9. The van der Waals surface area contributed by atoms with Crippen LogP contribution < -0.4 is 36.3 Å². The van der Waals surface area contributed by atoms with Gasteiger partial charge in [0.05, 0.1) is 26.2 Å². The van der Waals surface area contributed by atoms with Gasteiger partial charge in [0.2, 0.25) is 5.96 Å². The van der Waals surface area contributed by atoms with Gasteiger partial charge in [0.1, 0.15) is 11.4 Å². The van der Waals surface area contributed by atoms with Crippen LogP contribution in [0.25, 0.3) is 6.08 Å². The monoisotopic (exact) mass is 553 g/mol. The van der Waals surface area contributed by atoms with E-state index in [4.69, 9.17) is 25.7 Å². The molecule has 0 aromatic heterocycles. The van der Waals surface area contributed by atoms with Crippen LogP contribution in [0.3, 0.4) is 0 Å². The van der Waals surface area contributed by atoms with E-state index in [-0.39, 0.29) is 16.2 Å². The van der Waals surface area contributed by atoms with Crippen LogP contribution in [0.15, 0.2) is 81.7 Å². The number of nitrogens with one attached hydrogen (secondary N) is 2. The van der Waals surface area contributed by atoms with Crippen molar-refractivity contribution >= 4 is 39.6 Å². The van der Waals surface area contributed by atoms with Crippen molar-refractivity contribution in [2.45, 2.75) is 4.90 Å². The molecule has 0 bridgehead atoms. The number of rotatable bonds is 9. The SMILES string of the molecule is COc1ccc(C(=O)N/C(=C/c2ccc(OC)c(OC)c2)C(=O)NC(N)=NS(=O)(=O)c2ccc(N)cc2)cc1. The summed E-state index contributed by atoms with van der Waals surface area (Å²) in [6, 6.07) is 16.3. The number of hydrogen-bond donors (Lipinski definition) is 4. The lowest BCUT2D eigenvalue weighted by atomic mass is 10.1. The van der Waals surface area contributed by atoms with Crippen LogP contribution in [0.2, 0.25) is 0 Å². The maximum absolute atomic E-state index is 13.1. The Morgan fingerprint density at radius 2 is 1.49 bits per heavy atom. The highest BCUT2D eigenvalue weighted by molar-refractivity contribution is 7.90. The van der Waals surface area contributed by atoms with Crippen molar-refractivity contribution < 1.29 is 32.2 Å². The summed E-state index contributed by atoms with van der Waals surface area (Å²) in [7, 11) is 0.158. The number of carbonyl (C=O) groups excluding carboxylic acids is 2. The standard InChI is InChI=1S/C26H27N5O7S/c1-36-19-9-5-17(6-10-19)24(32)29-21(14-16-4-13-22(37-2)23(15-16)38-3)25(33)30-26(28)31-39(34,35)20-11-7-18(27)8-12-20/h4-15H,27H2,1-3H3,(H,29,32)(H3,28,30,31,33)/b21-14+. The van der Waals surface area contributed by atoms with Crippen molar-refractivity contribution in [2.75, 3.05) is 27.1 Å². The van der Waals surface area contributed by atoms with E-state index < -0.39 is 27.8 Å². The van der Waals surface area contributed by atoms with Gasteiger partial charge in [-0.2, -0.15) is 8.42 Å². The van der Waals surface area contributed by atoms with Crippen molar-refractivity contribution in [1.82, 2.24) is 10.6 Å². The van der Waals surface area contributed by atoms with Crippen molar-refractivity contribution in [3.63, 3.8) is 0 Å². The summed E-state index contributed by atoms with van der Waals surface area (Å²) >= 11 is 0. The molecule has 0 radical (unpaired) electrons.